The van der Waals surface area contributed by atoms with Gasteiger partial charge in [-0.2, -0.15) is 0 Å². The first-order valence-electron chi connectivity index (χ1n) is 7.97. The molecular formula is C21H18INOS. The van der Waals surface area contributed by atoms with E-state index in [0.29, 0.717) is 5.56 Å². The zero-order chi connectivity index (χ0) is 17.6. The Morgan fingerprint density at radius 2 is 1.72 bits per heavy atom. The van der Waals surface area contributed by atoms with Gasteiger partial charge in [0.15, 0.2) is 0 Å². The Morgan fingerprint density at radius 1 is 1.00 bits per heavy atom. The van der Waals surface area contributed by atoms with Crippen molar-refractivity contribution in [2.45, 2.75) is 17.6 Å². The first-order valence-corrected chi connectivity index (χ1v) is 10.0. The second kappa shape index (κ2) is 8.54. The first-order chi connectivity index (χ1) is 12.1. The fraction of sp³-hybridized carbons (Fsp3) is 0.0952. The van der Waals surface area contributed by atoms with Gasteiger partial charge in [0.1, 0.15) is 0 Å². The lowest BCUT2D eigenvalue weighted by Gasteiger charge is -2.12. The molecule has 1 amide bonds. The highest BCUT2D eigenvalue weighted by Crippen LogP contribution is 2.27. The lowest BCUT2D eigenvalue weighted by Crippen LogP contribution is -2.13. The molecule has 3 aromatic carbocycles. The lowest BCUT2D eigenvalue weighted by atomic mass is 10.1. The molecule has 0 aliphatic rings. The van der Waals surface area contributed by atoms with Crippen LogP contribution >= 0.6 is 34.4 Å². The molecular weight excluding hydrogens is 441 g/mol. The number of anilines is 1. The molecule has 3 aromatic rings. The van der Waals surface area contributed by atoms with E-state index in [-0.39, 0.29) is 5.91 Å². The molecule has 4 heteroatoms. The van der Waals surface area contributed by atoms with Crippen LogP contribution in [0, 0.1) is 10.5 Å². The van der Waals surface area contributed by atoms with Gasteiger partial charge in [0.05, 0.1) is 5.56 Å². The summed E-state index contributed by atoms with van der Waals surface area (Å²) in [6.07, 6.45) is 0. The van der Waals surface area contributed by atoms with Crippen LogP contribution in [0.1, 0.15) is 21.5 Å². The summed E-state index contributed by atoms with van der Waals surface area (Å²) in [5.74, 6) is 0.772. The van der Waals surface area contributed by atoms with Gasteiger partial charge in [0, 0.05) is 19.9 Å². The molecule has 0 unspecified atom stereocenters. The van der Waals surface area contributed by atoms with Gasteiger partial charge in [0.25, 0.3) is 5.91 Å². The molecule has 0 spiro atoms. The molecule has 0 fully saturated rings. The maximum atomic E-state index is 12.8. The normalized spacial score (nSPS) is 10.5. The van der Waals surface area contributed by atoms with Crippen molar-refractivity contribution in [1.82, 2.24) is 0 Å². The number of hydrogen-bond acceptors (Lipinski definition) is 2. The van der Waals surface area contributed by atoms with E-state index in [1.54, 1.807) is 11.8 Å². The minimum atomic E-state index is -0.0690. The highest BCUT2D eigenvalue weighted by atomic mass is 127. The van der Waals surface area contributed by atoms with Crippen molar-refractivity contribution in [3.8, 4) is 0 Å². The van der Waals surface area contributed by atoms with Crippen LogP contribution in [0.2, 0.25) is 0 Å². The molecule has 0 atom stereocenters. The van der Waals surface area contributed by atoms with E-state index in [0.717, 1.165) is 25.5 Å². The number of thioether (sulfide) groups is 1. The maximum absolute atomic E-state index is 12.8. The summed E-state index contributed by atoms with van der Waals surface area (Å²) < 4.78 is 1.16. The molecule has 1 N–H and O–H groups in total. The van der Waals surface area contributed by atoms with E-state index in [1.807, 2.05) is 61.5 Å². The summed E-state index contributed by atoms with van der Waals surface area (Å²) in [5, 5.41) is 3.04. The predicted molar refractivity (Wildman–Crippen MR) is 114 cm³/mol. The number of carbonyl (C=O) groups is 1. The van der Waals surface area contributed by atoms with E-state index in [1.165, 1.54) is 5.56 Å². The van der Waals surface area contributed by atoms with Crippen molar-refractivity contribution in [1.29, 1.82) is 0 Å². The topological polar surface area (TPSA) is 29.1 Å². The fourth-order valence-corrected chi connectivity index (χ4v) is 4.12. The van der Waals surface area contributed by atoms with Gasteiger partial charge < -0.3 is 5.32 Å². The number of benzene rings is 3. The standard InChI is InChI=1S/C21H18INOS/c1-15-13-17(22)11-12-19(15)23-21(24)18-9-5-6-10-20(18)25-14-16-7-3-2-4-8-16/h2-13H,14H2,1H3,(H,23,24). The van der Waals surface area contributed by atoms with Crippen LogP contribution in [0.5, 0.6) is 0 Å². The monoisotopic (exact) mass is 459 g/mol. The number of aryl methyl sites for hydroxylation is 1. The average molecular weight is 459 g/mol. The molecule has 0 aromatic heterocycles. The van der Waals surface area contributed by atoms with Gasteiger partial charge in [-0.05, 0) is 71.0 Å². The molecule has 3 rings (SSSR count). The number of halogens is 1. The zero-order valence-corrected chi connectivity index (χ0v) is 16.8. The Labute approximate surface area is 166 Å². The predicted octanol–water partition coefficient (Wildman–Crippen LogP) is 6.14. The van der Waals surface area contributed by atoms with Crippen molar-refractivity contribution >= 4 is 45.9 Å². The molecule has 0 radical (unpaired) electrons. The van der Waals surface area contributed by atoms with Crippen LogP contribution in [-0.2, 0) is 5.75 Å². The third kappa shape index (κ3) is 4.86. The number of amides is 1. The SMILES string of the molecule is Cc1cc(I)ccc1NC(=O)c1ccccc1SCc1ccccc1. The Morgan fingerprint density at radius 3 is 2.48 bits per heavy atom. The van der Waals surface area contributed by atoms with Crippen molar-refractivity contribution < 1.29 is 4.79 Å². The van der Waals surface area contributed by atoms with Gasteiger partial charge >= 0.3 is 0 Å². The smallest absolute Gasteiger partial charge is 0.256 e. The Balaban J connectivity index is 1.76. The van der Waals surface area contributed by atoms with Gasteiger partial charge in [-0.15, -0.1) is 11.8 Å². The van der Waals surface area contributed by atoms with E-state index in [9.17, 15) is 4.79 Å². The first kappa shape index (κ1) is 18.0. The summed E-state index contributed by atoms with van der Waals surface area (Å²) in [5.41, 5.74) is 3.88. The van der Waals surface area contributed by atoms with E-state index >= 15 is 0 Å². The molecule has 0 heterocycles. The molecule has 0 saturated heterocycles. The molecule has 0 saturated carbocycles. The van der Waals surface area contributed by atoms with Gasteiger partial charge in [0.2, 0.25) is 0 Å². The van der Waals surface area contributed by atoms with Crippen molar-refractivity contribution in [2.75, 3.05) is 5.32 Å². The summed E-state index contributed by atoms with van der Waals surface area (Å²) >= 11 is 3.96. The van der Waals surface area contributed by atoms with Crippen LogP contribution < -0.4 is 5.32 Å². The number of nitrogens with one attached hydrogen (secondary N) is 1. The van der Waals surface area contributed by atoms with Crippen molar-refractivity contribution in [3.05, 3.63) is 93.1 Å². The lowest BCUT2D eigenvalue weighted by molar-refractivity contribution is 0.102. The quantitative estimate of drug-likeness (QED) is 0.367. The molecule has 25 heavy (non-hydrogen) atoms. The van der Waals surface area contributed by atoms with E-state index < -0.39 is 0 Å². The minimum Gasteiger partial charge on any atom is -0.322 e. The summed E-state index contributed by atoms with van der Waals surface area (Å²) in [4.78, 5) is 13.7. The summed E-state index contributed by atoms with van der Waals surface area (Å²) in [6, 6.07) is 24.1. The van der Waals surface area contributed by atoms with Gasteiger partial charge in [-0.1, -0.05) is 42.5 Å². The Kier molecular flexibility index (Phi) is 6.15. The molecule has 2 nitrogen and oxygen atoms in total. The molecule has 126 valence electrons. The second-order valence-electron chi connectivity index (χ2n) is 5.68. The van der Waals surface area contributed by atoms with Crippen molar-refractivity contribution in [2.24, 2.45) is 0 Å². The van der Waals surface area contributed by atoms with Crippen LogP contribution in [0.3, 0.4) is 0 Å². The third-order valence-electron chi connectivity index (χ3n) is 3.81. The fourth-order valence-electron chi connectivity index (χ4n) is 2.47. The highest BCUT2D eigenvalue weighted by Gasteiger charge is 2.13. The summed E-state index contributed by atoms with van der Waals surface area (Å²) in [7, 11) is 0. The zero-order valence-electron chi connectivity index (χ0n) is 13.8. The van der Waals surface area contributed by atoms with E-state index in [2.05, 4.69) is 46.1 Å². The average Bonchev–Trinajstić information content (AvgIpc) is 2.63. The maximum Gasteiger partial charge on any atom is 0.256 e. The highest BCUT2D eigenvalue weighted by molar-refractivity contribution is 14.1. The summed E-state index contributed by atoms with van der Waals surface area (Å²) in [6.45, 7) is 2.01. The Hall–Kier alpha value is -1.79. The van der Waals surface area contributed by atoms with Crippen LogP contribution in [0.15, 0.2) is 77.7 Å². The van der Waals surface area contributed by atoms with Crippen LogP contribution in [0.4, 0.5) is 5.69 Å². The van der Waals surface area contributed by atoms with Crippen LogP contribution in [0.25, 0.3) is 0 Å². The molecule has 0 aliphatic heterocycles. The Bertz CT molecular complexity index is 880. The number of carbonyl (C=O) groups excluding carboxylic acids is 1. The number of hydrogen-bond donors (Lipinski definition) is 1. The molecule has 0 aliphatic carbocycles. The van der Waals surface area contributed by atoms with E-state index in [4.69, 9.17) is 0 Å². The van der Waals surface area contributed by atoms with Gasteiger partial charge in [-0.25, -0.2) is 0 Å². The second-order valence-corrected chi connectivity index (χ2v) is 7.95. The minimum absolute atomic E-state index is 0.0690. The van der Waals surface area contributed by atoms with Crippen molar-refractivity contribution in [3.63, 3.8) is 0 Å². The number of rotatable bonds is 5. The molecule has 0 bridgehead atoms. The van der Waals surface area contributed by atoms with Crippen LogP contribution in [-0.4, -0.2) is 5.91 Å². The van der Waals surface area contributed by atoms with Gasteiger partial charge in [-0.3, -0.25) is 4.79 Å². The largest absolute Gasteiger partial charge is 0.322 e. The third-order valence-corrected chi connectivity index (χ3v) is 5.62.